The summed E-state index contributed by atoms with van der Waals surface area (Å²) in [6, 6.07) is 16.8. The highest BCUT2D eigenvalue weighted by molar-refractivity contribution is 5.99. The van der Waals surface area contributed by atoms with Crippen LogP contribution in [0.2, 0.25) is 0 Å². The summed E-state index contributed by atoms with van der Waals surface area (Å²) in [4.78, 5) is 11.8. The molecule has 6 nitrogen and oxygen atoms in total. The normalized spacial score (nSPS) is 8.67. The Morgan fingerprint density at radius 2 is 1.29 bits per heavy atom. The Morgan fingerprint density at radius 1 is 0.857 bits per heavy atom. The lowest BCUT2D eigenvalue weighted by atomic mass is 10.2. The van der Waals surface area contributed by atoms with E-state index in [0.717, 1.165) is 0 Å². The van der Waals surface area contributed by atoms with E-state index in [0.29, 0.717) is 22.5 Å². The van der Waals surface area contributed by atoms with Crippen molar-refractivity contribution in [2.45, 2.75) is 0 Å². The van der Waals surface area contributed by atoms with Crippen LogP contribution in [0.15, 0.2) is 48.5 Å². The monoisotopic (exact) mass is 280 g/mol. The second-order valence-electron chi connectivity index (χ2n) is 3.96. The number of carbonyl (C=O) groups is 1. The van der Waals surface area contributed by atoms with Crippen LogP contribution in [0.5, 0.6) is 0 Å². The lowest BCUT2D eigenvalue weighted by molar-refractivity contribution is 0.262. The van der Waals surface area contributed by atoms with Gasteiger partial charge in [0, 0.05) is 11.4 Å². The van der Waals surface area contributed by atoms with Crippen molar-refractivity contribution in [3.8, 4) is 12.1 Å². The van der Waals surface area contributed by atoms with E-state index in [4.69, 9.17) is 10.5 Å². The van der Waals surface area contributed by atoms with E-state index in [1.54, 1.807) is 48.5 Å². The third kappa shape index (κ3) is 4.35. The number of urea groups is 1. The molecule has 0 aliphatic rings. The van der Waals surface area contributed by atoms with Gasteiger partial charge in [-0.1, -0.05) is 12.1 Å². The van der Waals surface area contributed by atoms with Crippen LogP contribution < -0.4 is 10.6 Å². The first-order valence-electron chi connectivity index (χ1n) is 5.79. The molecule has 0 aliphatic carbocycles. The predicted octanol–water partition coefficient (Wildman–Crippen LogP) is 2.25. The van der Waals surface area contributed by atoms with Crippen molar-refractivity contribution in [3.63, 3.8) is 0 Å². The third-order valence-corrected chi connectivity index (χ3v) is 2.50. The Hall–Kier alpha value is -3.35. The number of hydrogen-bond donors (Lipinski definition) is 2. The Bertz CT molecular complexity index is 667. The molecule has 0 aliphatic heterocycles. The molecule has 2 rings (SSSR count). The molecular weight excluding hydrogens is 268 g/mol. The molecule has 104 valence electrons. The zero-order valence-electron chi connectivity index (χ0n) is 10.9. The van der Waals surface area contributed by atoms with Gasteiger partial charge in [0.1, 0.15) is 0 Å². The van der Waals surface area contributed by atoms with E-state index in [1.165, 1.54) is 0 Å². The quantitative estimate of drug-likeness (QED) is 0.877. The Morgan fingerprint density at radius 3 is 1.67 bits per heavy atom. The first kappa shape index (κ1) is 15.7. The first-order chi connectivity index (χ1) is 9.71. The number of rotatable bonds is 2. The van der Waals surface area contributed by atoms with Crippen LogP contribution in [0, 0.1) is 22.7 Å². The molecule has 0 unspecified atom stereocenters. The SMILES string of the molecule is N#Cc1cccc(NC(=O)Nc2cccc(C#N)c2)c1.O. The van der Waals surface area contributed by atoms with Crippen LogP contribution in [0.25, 0.3) is 0 Å². The lowest BCUT2D eigenvalue weighted by Crippen LogP contribution is -2.19. The summed E-state index contributed by atoms with van der Waals surface area (Å²) in [6.07, 6.45) is 0. The Kier molecular flexibility index (Phi) is 5.45. The molecule has 2 amide bonds. The summed E-state index contributed by atoms with van der Waals surface area (Å²) in [7, 11) is 0. The largest absolute Gasteiger partial charge is 0.412 e. The summed E-state index contributed by atoms with van der Waals surface area (Å²) < 4.78 is 0. The standard InChI is InChI=1S/C15H10N4O.H2O/c16-9-11-3-1-5-13(7-11)18-15(20)19-14-6-2-4-12(8-14)10-17;/h1-8H,(H2,18,19,20);1H2. The van der Waals surface area contributed by atoms with Gasteiger partial charge in [-0.2, -0.15) is 10.5 Å². The van der Waals surface area contributed by atoms with Crippen LogP contribution in [0.3, 0.4) is 0 Å². The van der Waals surface area contributed by atoms with Gasteiger partial charge in [-0.25, -0.2) is 4.79 Å². The summed E-state index contributed by atoms with van der Waals surface area (Å²) in [5, 5.41) is 22.8. The molecule has 2 aromatic rings. The molecule has 0 saturated heterocycles. The van der Waals surface area contributed by atoms with Crippen LogP contribution in [0.4, 0.5) is 16.2 Å². The van der Waals surface area contributed by atoms with Gasteiger partial charge in [-0.3, -0.25) is 0 Å². The number of benzene rings is 2. The topological polar surface area (TPSA) is 120 Å². The van der Waals surface area contributed by atoms with Crippen LogP contribution >= 0.6 is 0 Å². The summed E-state index contributed by atoms with van der Waals surface area (Å²) in [6.45, 7) is 0. The van der Waals surface area contributed by atoms with Gasteiger partial charge in [0.25, 0.3) is 0 Å². The van der Waals surface area contributed by atoms with E-state index in [2.05, 4.69) is 10.6 Å². The van der Waals surface area contributed by atoms with E-state index < -0.39 is 6.03 Å². The highest BCUT2D eigenvalue weighted by Crippen LogP contribution is 2.12. The molecule has 6 heteroatoms. The molecule has 0 radical (unpaired) electrons. The molecule has 4 N–H and O–H groups in total. The van der Waals surface area contributed by atoms with Gasteiger partial charge in [0.05, 0.1) is 23.3 Å². The van der Waals surface area contributed by atoms with Crippen molar-refractivity contribution in [2.75, 3.05) is 10.6 Å². The maximum atomic E-state index is 11.8. The average Bonchev–Trinajstić information content (AvgIpc) is 2.47. The molecule has 2 aromatic carbocycles. The van der Waals surface area contributed by atoms with Crippen LogP contribution in [-0.4, -0.2) is 11.5 Å². The Labute approximate surface area is 121 Å². The van der Waals surface area contributed by atoms with Crippen molar-refractivity contribution in [1.82, 2.24) is 0 Å². The van der Waals surface area contributed by atoms with E-state index >= 15 is 0 Å². The second kappa shape index (κ2) is 7.29. The van der Waals surface area contributed by atoms with Gasteiger partial charge in [-0.15, -0.1) is 0 Å². The second-order valence-corrected chi connectivity index (χ2v) is 3.96. The molecule has 0 fully saturated rings. The highest BCUT2D eigenvalue weighted by atomic mass is 16.2. The molecule has 0 bridgehead atoms. The fraction of sp³-hybridized carbons (Fsp3) is 0. The molecule has 0 spiro atoms. The van der Waals surface area contributed by atoms with Crippen molar-refractivity contribution >= 4 is 17.4 Å². The van der Waals surface area contributed by atoms with Crippen molar-refractivity contribution in [3.05, 3.63) is 59.7 Å². The van der Waals surface area contributed by atoms with Crippen LogP contribution in [0.1, 0.15) is 11.1 Å². The molecular formula is C15H12N4O2. The number of anilines is 2. The fourth-order valence-electron chi connectivity index (χ4n) is 1.63. The van der Waals surface area contributed by atoms with E-state index in [1.807, 2.05) is 12.1 Å². The summed E-state index contributed by atoms with van der Waals surface area (Å²) in [5.74, 6) is 0. The molecule has 0 saturated carbocycles. The lowest BCUT2D eigenvalue weighted by Gasteiger charge is -2.07. The number of hydrogen-bond acceptors (Lipinski definition) is 3. The zero-order chi connectivity index (χ0) is 14.4. The maximum absolute atomic E-state index is 11.8. The van der Waals surface area contributed by atoms with Gasteiger partial charge >= 0.3 is 6.03 Å². The molecule has 0 heterocycles. The number of nitrogens with zero attached hydrogens (tertiary/aromatic N) is 2. The van der Waals surface area contributed by atoms with E-state index in [-0.39, 0.29) is 5.48 Å². The molecule has 21 heavy (non-hydrogen) atoms. The maximum Gasteiger partial charge on any atom is 0.323 e. The molecule has 0 aromatic heterocycles. The minimum absolute atomic E-state index is 0. The number of amides is 2. The van der Waals surface area contributed by atoms with Crippen molar-refractivity contribution < 1.29 is 10.3 Å². The smallest absolute Gasteiger partial charge is 0.323 e. The number of carbonyl (C=O) groups excluding carboxylic acids is 1. The predicted molar refractivity (Wildman–Crippen MR) is 78.6 cm³/mol. The minimum atomic E-state index is -0.435. The van der Waals surface area contributed by atoms with Gasteiger partial charge < -0.3 is 16.1 Å². The average molecular weight is 280 g/mol. The Balaban J connectivity index is 0.00000220. The summed E-state index contributed by atoms with van der Waals surface area (Å²) in [5.41, 5.74) is 1.99. The molecule has 0 atom stereocenters. The van der Waals surface area contributed by atoms with Gasteiger partial charge in [0.15, 0.2) is 0 Å². The third-order valence-electron chi connectivity index (χ3n) is 2.50. The van der Waals surface area contributed by atoms with Gasteiger partial charge in [-0.05, 0) is 36.4 Å². The summed E-state index contributed by atoms with van der Waals surface area (Å²) >= 11 is 0. The first-order valence-corrected chi connectivity index (χ1v) is 5.79. The number of nitrogens with one attached hydrogen (secondary N) is 2. The van der Waals surface area contributed by atoms with Gasteiger partial charge in [0.2, 0.25) is 0 Å². The van der Waals surface area contributed by atoms with E-state index in [9.17, 15) is 4.79 Å². The minimum Gasteiger partial charge on any atom is -0.412 e. The van der Waals surface area contributed by atoms with Crippen molar-refractivity contribution in [2.24, 2.45) is 0 Å². The van der Waals surface area contributed by atoms with Crippen molar-refractivity contribution in [1.29, 1.82) is 10.5 Å². The highest BCUT2D eigenvalue weighted by Gasteiger charge is 2.03. The number of nitriles is 2. The van der Waals surface area contributed by atoms with Crippen LogP contribution in [-0.2, 0) is 0 Å². The fourth-order valence-corrected chi connectivity index (χ4v) is 1.63. The zero-order valence-corrected chi connectivity index (χ0v) is 10.9.